The van der Waals surface area contributed by atoms with Gasteiger partial charge in [0, 0.05) is 37.9 Å². The smallest absolute Gasteiger partial charge is 0.220 e. The number of nitrogens with one attached hydrogen (secondary N) is 3. The number of hydrogen-bond acceptors (Lipinski definition) is 6. The summed E-state index contributed by atoms with van der Waals surface area (Å²) in [5.74, 6) is 1.12. The van der Waals surface area contributed by atoms with Crippen molar-refractivity contribution in [2.45, 2.75) is 44.2 Å². The molecule has 1 aromatic heterocycles. The Labute approximate surface area is 176 Å². The van der Waals surface area contributed by atoms with Crippen molar-refractivity contribution in [3.8, 4) is 0 Å². The molecule has 1 fully saturated rings. The van der Waals surface area contributed by atoms with Gasteiger partial charge in [-0.05, 0) is 24.0 Å². The molecule has 7 heteroatoms. The number of aromatic nitrogens is 2. The van der Waals surface area contributed by atoms with Crippen molar-refractivity contribution in [1.29, 1.82) is 0 Å². The van der Waals surface area contributed by atoms with E-state index < -0.39 is 0 Å². The first-order valence-electron chi connectivity index (χ1n) is 10.4. The first kappa shape index (κ1) is 20.3. The average molecular weight is 406 g/mol. The van der Waals surface area contributed by atoms with E-state index in [2.05, 4.69) is 50.6 Å². The van der Waals surface area contributed by atoms with Crippen LogP contribution in [0.3, 0.4) is 0 Å². The lowest BCUT2D eigenvalue weighted by Crippen LogP contribution is -2.40. The van der Waals surface area contributed by atoms with E-state index in [1.54, 1.807) is 0 Å². The standard InChI is InChI=1S/C23H27N5O2/c29-21(24-16-19-15-20(26-25-19)18-9-5-2-6-10-18)12-14-23-28-27-22(30-23)13-11-17-7-3-1-4-8-17/h1-10,19-20,25-26H,11-16H2,(H,24,29). The SMILES string of the molecule is O=C(CCc1nnc(CCc2ccccc2)o1)NCC1CC(c2ccccc2)NN1. The van der Waals surface area contributed by atoms with E-state index in [1.807, 2.05) is 36.4 Å². The Morgan fingerprint density at radius 2 is 1.63 bits per heavy atom. The molecule has 30 heavy (non-hydrogen) atoms. The molecule has 1 saturated heterocycles. The highest BCUT2D eigenvalue weighted by atomic mass is 16.4. The molecule has 1 amide bonds. The maximum atomic E-state index is 12.2. The first-order valence-corrected chi connectivity index (χ1v) is 10.4. The van der Waals surface area contributed by atoms with Crippen molar-refractivity contribution in [2.24, 2.45) is 0 Å². The highest BCUT2D eigenvalue weighted by Gasteiger charge is 2.25. The fraction of sp³-hybridized carbons (Fsp3) is 0.348. The van der Waals surface area contributed by atoms with Crippen LogP contribution in [-0.4, -0.2) is 28.7 Å². The molecule has 3 aromatic rings. The van der Waals surface area contributed by atoms with Gasteiger partial charge in [0.2, 0.25) is 17.7 Å². The van der Waals surface area contributed by atoms with Crippen molar-refractivity contribution in [1.82, 2.24) is 26.4 Å². The van der Waals surface area contributed by atoms with Crippen molar-refractivity contribution >= 4 is 5.91 Å². The van der Waals surface area contributed by atoms with Crippen LogP contribution in [0.15, 0.2) is 65.1 Å². The number of hydrogen-bond donors (Lipinski definition) is 3. The van der Waals surface area contributed by atoms with Gasteiger partial charge < -0.3 is 9.73 Å². The lowest BCUT2D eigenvalue weighted by molar-refractivity contribution is -0.121. The molecule has 3 N–H and O–H groups in total. The van der Waals surface area contributed by atoms with Gasteiger partial charge in [0.1, 0.15) is 0 Å². The lowest BCUT2D eigenvalue weighted by atomic mass is 10.0. The van der Waals surface area contributed by atoms with Crippen LogP contribution in [0.2, 0.25) is 0 Å². The van der Waals surface area contributed by atoms with Crippen molar-refractivity contribution < 1.29 is 9.21 Å². The van der Waals surface area contributed by atoms with Crippen LogP contribution in [0.4, 0.5) is 0 Å². The van der Waals surface area contributed by atoms with E-state index >= 15 is 0 Å². The van der Waals surface area contributed by atoms with E-state index in [4.69, 9.17) is 4.42 Å². The highest BCUT2D eigenvalue weighted by molar-refractivity contribution is 5.76. The molecule has 0 bridgehead atoms. The molecule has 1 aliphatic rings. The number of amides is 1. The Morgan fingerprint density at radius 1 is 0.933 bits per heavy atom. The number of benzene rings is 2. The zero-order valence-corrected chi connectivity index (χ0v) is 16.9. The van der Waals surface area contributed by atoms with Crippen LogP contribution in [0.5, 0.6) is 0 Å². The molecule has 2 atom stereocenters. The number of aryl methyl sites for hydroxylation is 3. The van der Waals surface area contributed by atoms with Crippen molar-refractivity contribution in [3.63, 3.8) is 0 Å². The van der Waals surface area contributed by atoms with Gasteiger partial charge in [-0.1, -0.05) is 60.7 Å². The predicted molar refractivity (Wildman–Crippen MR) is 113 cm³/mol. The maximum Gasteiger partial charge on any atom is 0.220 e. The molecule has 4 rings (SSSR count). The van der Waals surface area contributed by atoms with E-state index in [1.165, 1.54) is 11.1 Å². The number of rotatable bonds is 9. The summed E-state index contributed by atoms with van der Waals surface area (Å²) in [6.45, 7) is 0.585. The molecule has 2 aromatic carbocycles. The van der Waals surface area contributed by atoms with Gasteiger partial charge >= 0.3 is 0 Å². The van der Waals surface area contributed by atoms with Gasteiger partial charge in [-0.2, -0.15) is 0 Å². The van der Waals surface area contributed by atoms with E-state index in [-0.39, 0.29) is 18.0 Å². The summed E-state index contributed by atoms with van der Waals surface area (Å²) in [4.78, 5) is 12.2. The second kappa shape index (κ2) is 10.1. The molecule has 0 aliphatic carbocycles. The zero-order chi connectivity index (χ0) is 20.6. The fourth-order valence-electron chi connectivity index (χ4n) is 3.59. The molecule has 7 nitrogen and oxygen atoms in total. The molecule has 2 unspecified atom stereocenters. The topological polar surface area (TPSA) is 92.1 Å². The summed E-state index contributed by atoms with van der Waals surface area (Å²) in [5.41, 5.74) is 9.04. The average Bonchev–Trinajstić information content (AvgIpc) is 3.46. The third kappa shape index (κ3) is 5.75. The molecule has 2 heterocycles. The Kier molecular flexibility index (Phi) is 6.84. The second-order valence-electron chi connectivity index (χ2n) is 7.56. The predicted octanol–water partition coefficient (Wildman–Crippen LogP) is 2.51. The van der Waals surface area contributed by atoms with E-state index in [0.717, 1.165) is 12.8 Å². The van der Waals surface area contributed by atoms with Crippen molar-refractivity contribution in [2.75, 3.05) is 6.54 Å². The van der Waals surface area contributed by atoms with Crippen LogP contribution in [0.25, 0.3) is 0 Å². The van der Waals surface area contributed by atoms with Crippen LogP contribution >= 0.6 is 0 Å². The normalized spacial score (nSPS) is 18.4. The van der Waals surface area contributed by atoms with Gasteiger partial charge in [0.05, 0.1) is 0 Å². The highest BCUT2D eigenvalue weighted by Crippen LogP contribution is 2.21. The summed E-state index contributed by atoms with van der Waals surface area (Å²) in [7, 11) is 0. The number of nitrogens with zero attached hydrogens (tertiary/aromatic N) is 2. The number of carbonyl (C=O) groups excluding carboxylic acids is 1. The minimum Gasteiger partial charge on any atom is -0.425 e. The lowest BCUT2D eigenvalue weighted by Gasteiger charge is -2.11. The quantitative estimate of drug-likeness (QED) is 0.507. The van der Waals surface area contributed by atoms with Crippen LogP contribution in [-0.2, 0) is 24.1 Å². The zero-order valence-electron chi connectivity index (χ0n) is 16.9. The van der Waals surface area contributed by atoms with Gasteiger partial charge in [0.15, 0.2) is 0 Å². The third-order valence-electron chi connectivity index (χ3n) is 5.27. The van der Waals surface area contributed by atoms with E-state index in [9.17, 15) is 4.79 Å². The van der Waals surface area contributed by atoms with Crippen LogP contribution in [0.1, 0.15) is 41.8 Å². The molecule has 0 radical (unpaired) electrons. The maximum absolute atomic E-state index is 12.2. The Balaban J connectivity index is 1.15. The number of hydrazine groups is 1. The van der Waals surface area contributed by atoms with Crippen LogP contribution in [0, 0.1) is 0 Å². The summed E-state index contributed by atoms with van der Waals surface area (Å²) in [6.07, 6.45) is 3.27. The van der Waals surface area contributed by atoms with Gasteiger partial charge in [-0.15, -0.1) is 10.2 Å². The Morgan fingerprint density at radius 3 is 2.40 bits per heavy atom. The Hall–Kier alpha value is -3.03. The Bertz CT molecular complexity index is 929. The van der Waals surface area contributed by atoms with E-state index in [0.29, 0.717) is 37.6 Å². The minimum absolute atomic E-state index is 0.0102. The summed E-state index contributed by atoms with van der Waals surface area (Å²) in [5, 5.41) is 11.1. The second-order valence-corrected chi connectivity index (χ2v) is 7.56. The molecule has 0 spiro atoms. The molecular formula is C23H27N5O2. The molecular weight excluding hydrogens is 378 g/mol. The van der Waals surface area contributed by atoms with Crippen molar-refractivity contribution in [3.05, 3.63) is 83.6 Å². The van der Waals surface area contributed by atoms with Gasteiger partial charge in [0.25, 0.3) is 0 Å². The largest absolute Gasteiger partial charge is 0.425 e. The molecule has 156 valence electrons. The third-order valence-corrected chi connectivity index (χ3v) is 5.27. The minimum atomic E-state index is -0.0102. The monoisotopic (exact) mass is 405 g/mol. The van der Waals surface area contributed by atoms with Crippen LogP contribution < -0.4 is 16.2 Å². The fourth-order valence-corrected chi connectivity index (χ4v) is 3.59. The summed E-state index contributed by atoms with van der Waals surface area (Å²) < 4.78 is 5.67. The summed E-state index contributed by atoms with van der Waals surface area (Å²) >= 11 is 0. The number of carbonyl (C=O) groups is 1. The van der Waals surface area contributed by atoms with Gasteiger partial charge in [-0.3, -0.25) is 10.2 Å². The first-order chi connectivity index (χ1) is 14.8. The summed E-state index contributed by atoms with van der Waals surface area (Å²) in [6, 6.07) is 21.0. The molecule has 1 aliphatic heterocycles. The van der Waals surface area contributed by atoms with Gasteiger partial charge in [-0.25, -0.2) is 5.43 Å². The molecule has 0 saturated carbocycles.